The van der Waals surface area contributed by atoms with Crippen LogP contribution in [0.15, 0.2) is 44.7 Å². The molecule has 1 heterocycles. The van der Waals surface area contributed by atoms with Gasteiger partial charge in [0.05, 0.1) is 33.6 Å². The molecular weight excluding hydrogens is 410 g/mol. The molecule has 0 saturated carbocycles. The van der Waals surface area contributed by atoms with Gasteiger partial charge in [-0.25, -0.2) is 5.01 Å². The number of rotatable bonds is 7. The second-order valence-corrected chi connectivity index (χ2v) is 8.07. The summed E-state index contributed by atoms with van der Waals surface area (Å²) in [7, 11) is 0.481. The summed E-state index contributed by atoms with van der Waals surface area (Å²) >= 11 is 0. The summed E-state index contributed by atoms with van der Waals surface area (Å²) in [5.74, 6) is 0.733. The minimum absolute atomic E-state index is 0.00801. The van der Waals surface area contributed by atoms with Gasteiger partial charge >= 0.3 is 0 Å². The van der Waals surface area contributed by atoms with Crippen molar-refractivity contribution in [2.24, 2.45) is 9.50 Å². The topological polar surface area (TPSA) is 110 Å². The number of sulfonamides is 1. The van der Waals surface area contributed by atoms with Gasteiger partial charge in [0.25, 0.3) is 10.0 Å². The number of phenols is 1. The third-order valence-electron chi connectivity index (χ3n) is 4.43. The normalized spacial score (nSPS) is 14.5. The highest BCUT2D eigenvalue weighted by molar-refractivity contribution is 7.90. The van der Waals surface area contributed by atoms with E-state index in [0.29, 0.717) is 23.5 Å². The van der Waals surface area contributed by atoms with Crippen LogP contribution in [0.3, 0.4) is 0 Å². The van der Waals surface area contributed by atoms with Crippen molar-refractivity contribution in [1.29, 1.82) is 0 Å². The molecule has 0 bridgehead atoms. The summed E-state index contributed by atoms with van der Waals surface area (Å²) in [5.41, 5.74) is 1.90. The number of hydrogen-bond donors (Lipinski definition) is 1. The second-order valence-electron chi connectivity index (χ2n) is 6.53. The minimum atomic E-state index is -3.93. The quantitative estimate of drug-likeness (QED) is 0.526. The molecule has 160 valence electrons. The molecule has 10 heteroatoms. The Hall–Kier alpha value is -3.11. The fraction of sp³-hybridized carbons (Fsp3) is 0.300. The lowest BCUT2D eigenvalue weighted by Gasteiger charge is -2.19. The number of hydrogen-bond acceptors (Lipinski definition) is 8. The molecule has 1 aliphatic heterocycles. The molecule has 0 aliphatic carbocycles. The van der Waals surface area contributed by atoms with Crippen LogP contribution in [-0.2, 0) is 14.8 Å². The standard InChI is InChI=1S/C20H23N3O6S/c1-13-9-15-19(18(10-13)29-4)30(25,26)22-20(15)23(7-8-27-2)21-12-14-5-6-16(24)17(11-14)28-3/h5-6,9-12,24H,7-8H2,1-4H3/b21-12+. The van der Waals surface area contributed by atoms with E-state index in [0.717, 1.165) is 5.56 Å². The Morgan fingerprint density at radius 1 is 1.13 bits per heavy atom. The van der Waals surface area contributed by atoms with Crippen molar-refractivity contribution >= 4 is 22.1 Å². The Kier molecular flexibility index (Phi) is 6.28. The van der Waals surface area contributed by atoms with Crippen molar-refractivity contribution in [3.8, 4) is 17.2 Å². The van der Waals surface area contributed by atoms with Gasteiger partial charge in [0.1, 0.15) is 10.6 Å². The van der Waals surface area contributed by atoms with E-state index in [-0.39, 0.29) is 28.8 Å². The molecule has 3 rings (SSSR count). The van der Waals surface area contributed by atoms with Crippen LogP contribution < -0.4 is 9.47 Å². The van der Waals surface area contributed by atoms with Crippen LogP contribution in [0.2, 0.25) is 0 Å². The van der Waals surface area contributed by atoms with Gasteiger partial charge in [-0.15, -0.1) is 4.40 Å². The molecule has 1 aliphatic rings. The lowest BCUT2D eigenvalue weighted by atomic mass is 10.1. The number of fused-ring (bicyclic) bond motifs is 1. The van der Waals surface area contributed by atoms with Crippen molar-refractivity contribution in [2.75, 3.05) is 34.5 Å². The third kappa shape index (κ3) is 4.24. The van der Waals surface area contributed by atoms with E-state index in [9.17, 15) is 13.5 Å². The summed E-state index contributed by atoms with van der Waals surface area (Å²) in [4.78, 5) is 0.0227. The number of amidine groups is 1. The number of phenolic OH excluding ortho intramolecular Hbond substituents is 1. The van der Waals surface area contributed by atoms with Crippen LogP contribution in [0, 0.1) is 6.92 Å². The average Bonchev–Trinajstić information content (AvgIpc) is 2.99. The Morgan fingerprint density at radius 3 is 2.53 bits per heavy atom. The van der Waals surface area contributed by atoms with Crippen LogP contribution in [-0.4, -0.2) is 65.1 Å². The number of nitrogens with zero attached hydrogens (tertiary/aromatic N) is 3. The highest BCUT2D eigenvalue weighted by Crippen LogP contribution is 2.36. The minimum Gasteiger partial charge on any atom is -0.504 e. The highest BCUT2D eigenvalue weighted by Gasteiger charge is 2.35. The molecule has 0 fully saturated rings. The summed E-state index contributed by atoms with van der Waals surface area (Å²) in [6.45, 7) is 2.41. The summed E-state index contributed by atoms with van der Waals surface area (Å²) < 4.78 is 44.9. The van der Waals surface area contributed by atoms with E-state index in [2.05, 4.69) is 9.50 Å². The van der Waals surface area contributed by atoms with Gasteiger partial charge in [0, 0.05) is 12.7 Å². The fourth-order valence-corrected chi connectivity index (χ4v) is 4.36. The first-order valence-electron chi connectivity index (χ1n) is 9.02. The first-order chi connectivity index (χ1) is 14.3. The van der Waals surface area contributed by atoms with Gasteiger partial charge < -0.3 is 19.3 Å². The lowest BCUT2D eigenvalue weighted by Crippen LogP contribution is -2.29. The highest BCUT2D eigenvalue weighted by atomic mass is 32.2. The van der Waals surface area contributed by atoms with E-state index in [1.807, 2.05) is 6.92 Å². The molecule has 30 heavy (non-hydrogen) atoms. The van der Waals surface area contributed by atoms with Gasteiger partial charge in [0.2, 0.25) is 0 Å². The lowest BCUT2D eigenvalue weighted by molar-refractivity contribution is 0.178. The molecule has 0 spiro atoms. The fourth-order valence-electron chi connectivity index (χ4n) is 3.03. The van der Waals surface area contributed by atoms with Crippen molar-refractivity contribution in [2.45, 2.75) is 11.8 Å². The van der Waals surface area contributed by atoms with Gasteiger partial charge in [-0.3, -0.25) is 0 Å². The zero-order chi connectivity index (χ0) is 21.9. The number of aromatic hydroxyl groups is 1. The number of ether oxygens (including phenoxy) is 3. The van der Waals surface area contributed by atoms with E-state index in [4.69, 9.17) is 14.2 Å². The molecule has 0 amide bonds. The van der Waals surface area contributed by atoms with Gasteiger partial charge in [-0.05, 0) is 48.4 Å². The van der Waals surface area contributed by atoms with Crippen molar-refractivity contribution in [3.05, 3.63) is 47.0 Å². The molecule has 9 nitrogen and oxygen atoms in total. The number of aryl methyl sites for hydroxylation is 1. The zero-order valence-electron chi connectivity index (χ0n) is 17.1. The summed E-state index contributed by atoms with van der Waals surface area (Å²) in [6.07, 6.45) is 1.53. The van der Waals surface area contributed by atoms with E-state index < -0.39 is 10.0 Å². The van der Waals surface area contributed by atoms with Crippen LogP contribution in [0.5, 0.6) is 17.2 Å². The predicted octanol–water partition coefficient (Wildman–Crippen LogP) is 2.15. The van der Waals surface area contributed by atoms with Gasteiger partial charge in [-0.1, -0.05) is 0 Å². The second kappa shape index (κ2) is 8.72. The molecule has 0 aromatic heterocycles. The first-order valence-corrected chi connectivity index (χ1v) is 10.5. The Labute approximate surface area is 175 Å². The van der Waals surface area contributed by atoms with Crippen LogP contribution >= 0.6 is 0 Å². The zero-order valence-corrected chi connectivity index (χ0v) is 17.9. The van der Waals surface area contributed by atoms with E-state index in [1.54, 1.807) is 31.4 Å². The number of hydrazone groups is 1. The van der Waals surface area contributed by atoms with Crippen LogP contribution in [0.1, 0.15) is 16.7 Å². The maximum Gasteiger partial charge on any atom is 0.288 e. The molecule has 2 aromatic rings. The largest absolute Gasteiger partial charge is 0.504 e. The summed E-state index contributed by atoms with van der Waals surface area (Å²) in [5, 5.41) is 15.6. The van der Waals surface area contributed by atoms with Gasteiger partial charge in [-0.2, -0.15) is 13.5 Å². The Morgan fingerprint density at radius 2 is 1.87 bits per heavy atom. The van der Waals surface area contributed by atoms with Crippen molar-refractivity contribution < 1.29 is 27.7 Å². The molecule has 2 aromatic carbocycles. The van der Waals surface area contributed by atoms with Crippen molar-refractivity contribution in [3.63, 3.8) is 0 Å². The molecular formula is C20H23N3O6S. The first kappa shape index (κ1) is 21.6. The average molecular weight is 433 g/mol. The number of methoxy groups -OCH3 is 3. The molecule has 0 unspecified atom stereocenters. The monoisotopic (exact) mass is 433 g/mol. The maximum atomic E-state index is 12.7. The smallest absolute Gasteiger partial charge is 0.288 e. The SMILES string of the molecule is COCCN(/N=C/c1ccc(O)c(OC)c1)C1=NS(=O)(=O)c2c(OC)cc(C)cc21. The van der Waals surface area contributed by atoms with Crippen LogP contribution in [0.4, 0.5) is 0 Å². The molecule has 0 radical (unpaired) electrons. The molecule has 0 atom stereocenters. The number of benzene rings is 2. The van der Waals surface area contributed by atoms with Crippen molar-refractivity contribution in [1.82, 2.24) is 5.01 Å². The predicted molar refractivity (Wildman–Crippen MR) is 112 cm³/mol. The van der Waals surface area contributed by atoms with E-state index >= 15 is 0 Å². The summed E-state index contributed by atoms with van der Waals surface area (Å²) in [6, 6.07) is 8.15. The molecule has 1 N–H and O–H groups in total. The van der Waals surface area contributed by atoms with Gasteiger partial charge in [0.15, 0.2) is 17.3 Å². The maximum absolute atomic E-state index is 12.7. The Balaban J connectivity index is 2.05. The van der Waals surface area contributed by atoms with Crippen LogP contribution in [0.25, 0.3) is 0 Å². The molecule has 0 saturated heterocycles. The van der Waals surface area contributed by atoms with E-state index in [1.165, 1.54) is 31.5 Å². The Bertz CT molecular complexity index is 1110. The third-order valence-corrected chi connectivity index (χ3v) is 5.78.